The molecule has 2 aromatic rings. The van der Waals surface area contributed by atoms with E-state index in [1.54, 1.807) is 60.1 Å². The van der Waals surface area contributed by atoms with Gasteiger partial charge >= 0.3 is 6.18 Å². The summed E-state index contributed by atoms with van der Waals surface area (Å²) < 4.78 is 39.5. The Morgan fingerprint density at radius 1 is 1.19 bits per heavy atom. The molecule has 0 saturated carbocycles. The number of alkyl halides is 3. The van der Waals surface area contributed by atoms with Gasteiger partial charge in [0.05, 0.1) is 30.2 Å². The summed E-state index contributed by atoms with van der Waals surface area (Å²) in [6.07, 6.45) is -0.985. The van der Waals surface area contributed by atoms with Crippen molar-refractivity contribution in [1.29, 1.82) is 0 Å². The van der Waals surface area contributed by atoms with E-state index in [9.17, 15) is 18.0 Å². The van der Waals surface area contributed by atoms with Crippen molar-refractivity contribution in [3.8, 4) is 5.69 Å². The fraction of sp³-hybridized carbons (Fsp3) is 0.471. The monoisotopic (exact) mass is 367 g/mol. The van der Waals surface area contributed by atoms with Crippen LogP contribution in [0.4, 0.5) is 13.2 Å². The molecule has 1 aromatic heterocycles. The van der Waals surface area contributed by atoms with E-state index < -0.39 is 18.3 Å². The number of hydrogen-bond donors (Lipinski definition) is 0. The second-order valence-electron chi connectivity index (χ2n) is 6.99. The zero-order valence-electron chi connectivity index (χ0n) is 14.6. The maximum Gasteiger partial charge on any atom is 0.401 e. The summed E-state index contributed by atoms with van der Waals surface area (Å²) in [5.74, 6) is -0.188. The number of hydrogen-bond acceptors (Lipinski definition) is 4. The summed E-state index contributed by atoms with van der Waals surface area (Å²) in [5, 5.41) is 7.62. The van der Waals surface area contributed by atoms with Gasteiger partial charge in [0, 0.05) is 25.2 Å². The molecule has 2 heterocycles. The Balaban J connectivity index is 1.71. The van der Waals surface area contributed by atoms with Crippen LogP contribution in [0.15, 0.2) is 36.7 Å². The van der Waals surface area contributed by atoms with E-state index in [1.807, 2.05) is 0 Å². The van der Waals surface area contributed by atoms with E-state index in [-0.39, 0.29) is 25.5 Å². The first-order valence-corrected chi connectivity index (χ1v) is 8.24. The van der Waals surface area contributed by atoms with E-state index in [4.69, 9.17) is 0 Å². The zero-order valence-corrected chi connectivity index (χ0v) is 14.6. The number of carbonyl (C=O) groups is 1. The quantitative estimate of drug-likeness (QED) is 0.836. The number of benzene rings is 1. The minimum absolute atomic E-state index is 0.176. The Morgan fingerprint density at radius 3 is 2.42 bits per heavy atom. The van der Waals surface area contributed by atoms with Crippen LogP contribution in [0.3, 0.4) is 0 Å². The predicted octanol–water partition coefficient (Wildman–Crippen LogP) is 2.37. The summed E-state index contributed by atoms with van der Waals surface area (Å²) in [7, 11) is 0. The highest BCUT2D eigenvalue weighted by molar-refractivity contribution is 5.95. The van der Waals surface area contributed by atoms with E-state index in [0.29, 0.717) is 5.56 Å². The van der Waals surface area contributed by atoms with E-state index in [2.05, 4.69) is 10.3 Å². The molecule has 140 valence electrons. The van der Waals surface area contributed by atoms with Gasteiger partial charge in [-0.05, 0) is 38.1 Å². The third-order valence-corrected chi connectivity index (χ3v) is 4.43. The predicted molar refractivity (Wildman–Crippen MR) is 89.0 cm³/mol. The molecular formula is C17H20F3N5O. The van der Waals surface area contributed by atoms with Crippen molar-refractivity contribution in [1.82, 2.24) is 24.8 Å². The molecule has 0 aliphatic carbocycles. The number of piperazine rings is 1. The van der Waals surface area contributed by atoms with Gasteiger partial charge < -0.3 is 4.90 Å². The van der Waals surface area contributed by atoms with Crippen LogP contribution in [0.1, 0.15) is 24.2 Å². The summed E-state index contributed by atoms with van der Waals surface area (Å²) in [6, 6.07) is 6.90. The third kappa shape index (κ3) is 4.04. The average molecular weight is 367 g/mol. The van der Waals surface area contributed by atoms with Crippen LogP contribution in [0.5, 0.6) is 0 Å². The lowest BCUT2D eigenvalue weighted by Gasteiger charge is -2.47. The maximum atomic E-state index is 12.9. The lowest BCUT2D eigenvalue weighted by Crippen LogP contribution is -2.62. The summed E-state index contributed by atoms with van der Waals surface area (Å²) in [6.45, 7) is 3.26. The van der Waals surface area contributed by atoms with Gasteiger partial charge in [-0.25, -0.2) is 4.68 Å². The number of aromatic nitrogens is 3. The van der Waals surface area contributed by atoms with Gasteiger partial charge in [-0.15, -0.1) is 5.10 Å². The van der Waals surface area contributed by atoms with Crippen molar-refractivity contribution in [2.24, 2.45) is 0 Å². The highest BCUT2D eigenvalue weighted by atomic mass is 19.4. The molecule has 6 nitrogen and oxygen atoms in total. The van der Waals surface area contributed by atoms with Crippen molar-refractivity contribution in [3.63, 3.8) is 0 Å². The Bertz CT molecular complexity index is 756. The number of rotatable bonds is 3. The minimum atomic E-state index is -4.24. The molecule has 0 radical (unpaired) electrons. The Morgan fingerprint density at radius 2 is 1.88 bits per heavy atom. The first-order chi connectivity index (χ1) is 12.2. The van der Waals surface area contributed by atoms with Crippen LogP contribution < -0.4 is 0 Å². The van der Waals surface area contributed by atoms with Crippen LogP contribution in [0, 0.1) is 0 Å². The van der Waals surface area contributed by atoms with E-state index >= 15 is 0 Å². The second-order valence-corrected chi connectivity index (χ2v) is 6.99. The maximum absolute atomic E-state index is 12.9. The normalized spacial score (nSPS) is 18.1. The van der Waals surface area contributed by atoms with Crippen molar-refractivity contribution in [2.45, 2.75) is 25.6 Å². The lowest BCUT2D eigenvalue weighted by molar-refractivity contribution is -0.153. The molecule has 1 fully saturated rings. The zero-order chi connectivity index (χ0) is 18.9. The molecule has 1 saturated heterocycles. The molecule has 1 amide bonds. The molecule has 0 spiro atoms. The van der Waals surface area contributed by atoms with Crippen LogP contribution >= 0.6 is 0 Å². The second kappa shape index (κ2) is 6.71. The van der Waals surface area contributed by atoms with Gasteiger partial charge in [0.25, 0.3) is 5.91 Å². The van der Waals surface area contributed by atoms with Crippen molar-refractivity contribution >= 4 is 5.91 Å². The third-order valence-electron chi connectivity index (χ3n) is 4.43. The fourth-order valence-corrected chi connectivity index (χ4v) is 3.28. The number of amides is 1. The van der Waals surface area contributed by atoms with Crippen molar-refractivity contribution < 1.29 is 18.0 Å². The minimum Gasteiger partial charge on any atom is -0.331 e. The summed E-state index contributed by atoms with van der Waals surface area (Å²) in [4.78, 5) is 15.8. The summed E-state index contributed by atoms with van der Waals surface area (Å²) >= 11 is 0. The van der Waals surface area contributed by atoms with Gasteiger partial charge in [0.2, 0.25) is 0 Å². The highest BCUT2D eigenvalue weighted by Crippen LogP contribution is 2.26. The van der Waals surface area contributed by atoms with Crippen LogP contribution in [-0.4, -0.2) is 68.6 Å². The van der Waals surface area contributed by atoms with E-state index in [0.717, 1.165) is 5.69 Å². The topological polar surface area (TPSA) is 54.3 Å². The molecular weight excluding hydrogens is 347 g/mol. The number of carbonyl (C=O) groups excluding carboxylic acids is 1. The van der Waals surface area contributed by atoms with Crippen molar-refractivity contribution in [3.05, 3.63) is 42.2 Å². The molecule has 1 aliphatic rings. The molecule has 0 bridgehead atoms. The Labute approximate surface area is 149 Å². The lowest BCUT2D eigenvalue weighted by atomic mass is 9.97. The van der Waals surface area contributed by atoms with Crippen molar-refractivity contribution in [2.75, 3.05) is 26.2 Å². The first-order valence-electron chi connectivity index (χ1n) is 8.24. The SMILES string of the molecule is CC1(C)CN(CC(F)(F)F)CCN1C(=O)c1ccc(-n2ccnn2)cc1. The van der Waals surface area contributed by atoms with Gasteiger partial charge in [-0.2, -0.15) is 13.2 Å². The average Bonchev–Trinajstić information content (AvgIpc) is 3.06. The molecule has 0 N–H and O–H groups in total. The van der Waals surface area contributed by atoms with Crippen LogP contribution in [0.2, 0.25) is 0 Å². The Hall–Kier alpha value is -2.42. The van der Waals surface area contributed by atoms with Gasteiger partial charge in [-0.1, -0.05) is 5.21 Å². The first kappa shape index (κ1) is 18.4. The smallest absolute Gasteiger partial charge is 0.331 e. The molecule has 0 unspecified atom stereocenters. The Kier molecular flexibility index (Phi) is 4.74. The molecule has 1 aliphatic heterocycles. The molecule has 26 heavy (non-hydrogen) atoms. The molecule has 9 heteroatoms. The van der Waals surface area contributed by atoms with Gasteiger partial charge in [-0.3, -0.25) is 9.69 Å². The van der Waals surface area contributed by atoms with Gasteiger partial charge in [0.15, 0.2) is 0 Å². The standard InChI is InChI=1S/C17H20F3N5O/c1-16(2)11-23(12-17(18,19)20)9-10-24(16)15(26)13-3-5-14(6-4-13)25-8-7-21-22-25/h3-8H,9-12H2,1-2H3. The highest BCUT2D eigenvalue weighted by Gasteiger charge is 2.40. The molecule has 1 aromatic carbocycles. The van der Waals surface area contributed by atoms with Gasteiger partial charge in [0.1, 0.15) is 0 Å². The summed E-state index contributed by atoms with van der Waals surface area (Å²) in [5.41, 5.74) is 0.574. The number of halogens is 3. The molecule has 3 rings (SSSR count). The number of nitrogens with zero attached hydrogens (tertiary/aromatic N) is 5. The molecule has 0 atom stereocenters. The fourth-order valence-electron chi connectivity index (χ4n) is 3.28. The van der Waals surface area contributed by atoms with E-state index in [1.165, 1.54) is 4.90 Å². The van der Waals surface area contributed by atoms with Crippen LogP contribution in [-0.2, 0) is 0 Å². The largest absolute Gasteiger partial charge is 0.401 e. The van der Waals surface area contributed by atoms with Crippen LogP contribution in [0.25, 0.3) is 5.69 Å².